The fraction of sp³-hybridized carbons (Fsp3) is 0.174. The molecule has 0 unspecified atom stereocenters. The summed E-state index contributed by atoms with van der Waals surface area (Å²) >= 11 is 0. The fourth-order valence-corrected chi connectivity index (χ4v) is 2.80. The maximum atomic E-state index is 12.5. The highest BCUT2D eigenvalue weighted by Crippen LogP contribution is 2.12. The van der Waals surface area contributed by atoms with Gasteiger partial charge < -0.3 is 10.6 Å². The van der Waals surface area contributed by atoms with Crippen molar-refractivity contribution in [2.75, 3.05) is 5.32 Å². The van der Waals surface area contributed by atoms with Crippen molar-refractivity contribution in [3.8, 4) is 0 Å². The van der Waals surface area contributed by atoms with Gasteiger partial charge in [-0.3, -0.25) is 14.6 Å². The minimum atomic E-state index is -0.315. The number of hydrogen-bond acceptors (Lipinski definition) is 3. The van der Waals surface area contributed by atoms with Crippen LogP contribution >= 0.6 is 0 Å². The lowest BCUT2D eigenvalue weighted by atomic mass is 10.1. The molecule has 2 aromatic carbocycles. The molecule has 2 amide bonds. The van der Waals surface area contributed by atoms with Crippen molar-refractivity contribution < 1.29 is 9.59 Å². The first-order valence-electron chi connectivity index (χ1n) is 9.26. The van der Waals surface area contributed by atoms with Crippen molar-refractivity contribution in [2.45, 2.75) is 26.8 Å². The van der Waals surface area contributed by atoms with E-state index >= 15 is 0 Å². The van der Waals surface area contributed by atoms with Gasteiger partial charge in [-0.1, -0.05) is 43.3 Å². The monoisotopic (exact) mass is 373 g/mol. The summed E-state index contributed by atoms with van der Waals surface area (Å²) < 4.78 is 0. The number of carbonyl (C=O) groups is 2. The molecule has 0 spiro atoms. The third kappa shape index (κ3) is 4.82. The third-order valence-corrected chi connectivity index (χ3v) is 4.58. The number of amides is 2. The zero-order chi connectivity index (χ0) is 19.9. The van der Waals surface area contributed by atoms with E-state index in [4.69, 9.17) is 0 Å². The highest BCUT2D eigenvalue weighted by atomic mass is 16.2. The molecule has 1 heterocycles. The van der Waals surface area contributed by atoms with Gasteiger partial charge in [-0.05, 0) is 54.3 Å². The molecule has 5 heteroatoms. The molecule has 0 atom stereocenters. The van der Waals surface area contributed by atoms with Gasteiger partial charge in [0.15, 0.2) is 0 Å². The van der Waals surface area contributed by atoms with Crippen LogP contribution in [0.3, 0.4) is 0 Å². The Kier molecular flexibility index (Phi) is 6.17. The van der Waals surface area contributed by atoms with E-state index in [2.05, 4.69) is 22.5 Å². The summed E-state index contributed by atoms with van der Waals surface area (Å²) in [4.78, 5) is 29.0. The van der Waals surface area contributed by atoms with Gasteiger partial charge in [-0.15, -0.1) is 0 Å². The first-order chi connectivity index (χ1) is 13.6. The Labute approximate surface area is 164 Å². The van der Waals surface area contributed by atoms with Crippen LogP contribution in [0.2, 0.25) is 0 Å². The summed E-state index contributed by atoms with van der Waals surface area (Å²) in [5, 5.41) is 5.69. The van der Waals surface area contributed by atoms with Gasteiger partial charge in [-0.25, -0.2) is 0 Å². The van der Waals surface area contributed by atoms with Gasteiger partial charge >= 0.3 is 0 Å². The van der Waals surface area contributed by atoms with E-state index in [-0.39, 0.29) is 17.5 Å². The molecule has 142 valence electrons. The van der Waals surface area contributed by atoms with Crippen molar-refractivity contribution in [1.82, 2.24) is 10.3 Å². The van der Waals surface area contributed by atoms with Crippen molar-refractivity contribution >= 4 is 17.5 Å². The average Bonchev–Trinajstić information content (AvgIpc) is 2.73. The van der Waals surface area contributed by atoms with Crippen LogP contribution in [0.1, 0.15) is 44.5 Å². The van der Waals surface area contributed by atoms with Gasteiger partial charge in [0.2, 0.25) is 0 Å². The van der Waals surface area contributed by atoms with Crippen LogP contribution in [-0.4, -0.2) is 16.8 Å². The minimum Gasteiger partial charge on any atom is -0.347 e. The number of pyridine rings is 1. The quantitative estimate of drug-likeness (QED) is 0.682. The summed E-state index contributed by atoms with van der Waals surface area (Å²) in [7, 11) is 0. The number of anilines is 1. The molecule has 5 nitrogen and oxygen atoms in total. The molecule has 28 heavy (non-hydrogen) atoms. The van der Waals surface area contributed by atoms with Crippen LogP contribution in [0.4, 0.5) is 5.69 Å². The van der Waals surface area contributed by atoms with Crippen LogP contribution in [0.25, 0.3) is 0 Å². The molecule has 3 rings (SSSR count). The minimum absolute atomic E-state index is 0.211. The number of aromatic nitrogens is 1. The van der Waals surface area contributed by atoms with Crippen LogP contribution < -0.4 is 10.6 Å². The molecule has 0 radical (unpaired) electrons. The summed E-state index contributed by atoms with van der Waals surface area (Å²) in [6.07, 6.45) is 2.41. The van der Waals surface area contributed by atoms with Crippen molar-refractivity contribution in [1.29, 1.82) is 0 Å². The van der Waals surface area contributed by atoms with Crippen molar-refractivity contribution in [2.24, 2.45) is 0 Å². The van der Waals surface area contributed by atoms with Crippen LogP contribution in [0.15, 0.2) is 66.9 Å². The third-order valence-electron chi connectivity index (χ3n) is 4.58. The normalized spacial score (nSPS) is 10.4. The Bertz CT molecular complexity index is 981. The van der Waals surface area contributed by atoms with Gasteiger partial charge in [0.25, 0.3) is 11.8 Å². The summed E-state index contributed by atoms with van der Waals surface area (Å²) in [5.41, 5.74) is 4.66. The standard InChI is InChI=1S/C23H23N3O2/c1-3-17-8-10-20(11-9-17)26-22(27)18-12-13-24-21(14-18)23(28)25-15-19-7-5-4-6-16(19)2/h4-14H,3,15H2,1-2H3,(H,25,28)(H,26,27). The maximum Gasteiger partial charge on any atom is 0.270 e. The summed E-state index contributed by atoms with van der Waals surface area (Å²) in [6.45, 7) is 4.49. The Balaban J connectivity index is 1.66. The first kappa shape index (κ1) is 19.3. The Morgan fingerprint density at radius 1 is 0.964 bits per heavy atom. The van der Waals surface area contributed by atoms with Crippen molar-refractivity contribution in [3.05, 3.63) is 94.8 Å². The summed E-state index contributed by atoms with van der Waals surface area (Å²) in [6, 6.07) is 18.6. The molecule has 0 saturated heterocycles. The Hall–Kier alpha value is -3.47. The number of nitrogens with one attached hydrogen (secondary N) is 2. The second-order valence-electron chi connectivity index (χ2n) is 6.54. The maximum absolute atomic E-state index is 12.5. The zero-order valence-electron chi connectivity index (χ0n) is 16.0. The molecule has 0 fully saturated rings. The highest BCUT2D eigenvalue weighted by molar-refractivity contribution is 6.05. The molecule has 0 saturated carbocycles. The smallest absolute Gasteiger partial charge is 0.270 e. The Morgan fingerprint density at radius 3 is 2.43 bits per heavy atom. The number of benzene rings is 2. The largest absolute Gasteiger partial charge is 0.347 e. The molecule has 0 aliphatic heterocycles. The van der Waals surface area contributed by atoms with E-state index in [1.54, 1.807) is 6.07 Å². The number of carbonyl (C=O) groups excluding carboxylic acids is 2. The van der Waals surface area contributed by atoms with E-state index in [0.29, 0.717) is 17.8 Å². The molecular weight excluding hydrogens is 350 g/mol. The molecule has 3 aromatic rings. The molecule has 0 aliphatic carbocycles. The van der Waals surface area contributed by atoms with Gasteiger partial charge in [-0.2, -0.15) is 0 Å². The number of hydrogen-bond donors (Lipinski definition) is 2. The lowest BCUT2D eigenvalue weighted by Gasteiger charge is -2.09. The lowest BCUT2D eigenvalue weighted by molar-refractivity contribution is 0.0946. The second-order valence-corrected chi connectivity index (χ2v) is 6.54. The van der Waals surface area contributed by atoms with Crippen LogP contribution in [0, 0.1) is 6.92 Å². The average molecular weight is 373 g/mol. The highest BCUT2D eigenvalue weighted by Gasteiger charge is 2.12. The summed E-state index contributed by atoms with van der Waals surface area (Å²) in [5.74, 6) is -0.593. The topological polar surface area (TPSA) is 71.1 Å². The zero-order valence-corrected chi connectivity index (χ0v) is 16.0. The number of aryl methyl sites for hydroxylation is 2. The SMILES string of the molecule is CCc1ccc(NC(=O)c2ccnc(C(=O)NCc3ccccc3C)c2)cc1. The van der Waals surface area contributed by atoms with Crippen LogP contribution in [-0.2, 0) is 13.0 Å². The van der Waals surface area contributed by atoms with E-state index in [1.165, 1.54) is 17.8 Å². The molecular formula is C23H23N3O2. The van der Waals surface area contributed by atoms with Gasteiger partial charge in [0, 0.05) is 24.0 Å². The van der Waals surface area contributed by atoms with E-state index in [0.717, 1.165) is 17.5 Å². The first-order valence-corrected chi connectivity index (χ1v) is 9.26. The molecule has 1 aromatic heterocycles. The van der Waals surface area contributed by atoms with Gasteiger partial charge in [0.1, 0.15) is 5.69 Å². The predicted octanol–water partition coefficient (Wildman–Crippen LogP) is 4.13. The molecule has 2 N–H and O–H groups in total. The van der Waals surface area contributed by atoms with E-state index < -0.39 is 0 Å². The van der Waals surface area contributed by atoms with Crippen molar-refractivity contribution in [3.63, 3.8) is 0 Å². The van der Waals surface area contributed by atoms with Gasteiger partial charge in [0.05, 0.1) is 0 Å². The van der Waals surface area contributed by atoms with Crippen LogP contribution in [0.5, 0.6) is 0 Å². The molecule has 0 aliphatic rings. The van der Waals surface area contributed by atoms with E-state index in [1.807, 2.05) is 55.5 Å². The fourth-order valence-electron chi connectivity index (χ4n) is 2.80. The number of rotatable bonds is 6. The lowest BCUT2D eigenvalue weighted by Crippen LogP contribution is -2.24. The predicted molar refractivity (Wildman–Crippen MR) is 110 cm³/mol. The van der Waals surface area contributed by atoms with E-state index in [9.17, 15) is 9.59 Å². The number of nitrogens with zero attached hydrogens (tertiary/aromatic N) is 1. The molecule has 0 bridgehead atoms. The Morgan fingerprint density at radius 2 is 1.71 bits per heavy atom. The second kappa shape index (κ2) is 8.95.